The number of nitrogens with zero attached hydrogens (tertiary/aromatic N) is 3. The number of ether oxygens (including phenoxy) is 1. The Morgan fingerprint density at radius 1 is 1.36 bits per heavy atom. The van der Waals surface area contributed by atoms with Gasteiger partial charge >= 0.3 is 0 Å². The first-order chi connectivity index (χ1) is 12.0. The van der Waals surface area contributed by atoms with Gasteiger partial charge in [0.25, 0.3) is 11.5 Å². The molecule has 6 heteroatoms. The third-order valence-electron chi connectivity index (χ3n) is 5.93. The minimum absolute atomic E-state index is 0.0660. The Labute approximate surface area is 149 Å². The van der Waals surface area contributed by atoms with Crippen molar-refractivity contribution in [3.8, 4) is 0 Å². The molecular formula is C19H29N3O3. The summed E-state index contributed by atoms with van der Waals surface area (Å²) in [5.41, 5.74) is 0.260. The smallest absolute Gasteiger partial charge is 0.274 e. The number of hydrogen-bond donors (Lipinski definition) is 0. The largest absolute Gasteiger partial charge is 0.378 e. The highest BCUT2D eigenvalue weighted by atomic mass is 16.5. The molecule has 2 aliphatic rings. The molecule has 138 valence electrons. The third kappa shape index (κ3) is 3.12. The number of aryl methyl sites for hydroxylation is 1. The summed E-state index contributed by atoms with van der Waals surface area (Å²) >= 11 is 0. The van der Waals surface area contributed by atoms with Crippen LogP contribution in [0.5, 0.6) is 0 Å². The molecule has 2 aliphatic carbocycles. The van der Waals surface area contributed by atoms with Crippen LogP contribution < -0.4 is 5.56 Å². The van der Waals surface area contributed by atoms with Gasteiger partial charge in [0.1, 0.15) is 5.69 Å². The van der Waals surface area contributed by atoms with Crippen molar-refractivity contribution in [3.05, 3.63) is 28.2 Å². The molecule has 2 saturated carbocycles. The number of carbonyl (C=O) groups is 1. The summed E-state index contributed by atoms with van der Waals surface area (Å²) in [7, 11) is 1.58. The van der Waals surface area contributed by atoms with Gasteiger partial charge in [-0.15, -0.1) is 0 Å². The molecule has 25 heavy (non-hydrogen) atoms. The van der Waals surface area contributed by atoms with E-state index < -0.39 is 0 Å². The van der Waals surface area contributed by atoms with Gasteiger partial charge in [0, 0.05) is 37.7 Å². The number of aromatic nitrogens is 2. The molecule has 0 aromatic carbocycles. The average Bonchev–Trinajstić information content (AvgIpc) is 3.11. The van der Waals surface area contributed by atoms with Gasteiger partial charge in [0.15, 0.2) is 0 Å². The van der Waals surface area contributed by atoms with Crippen molar-refractivity contribution < 1.29 is 9.53 Å². The van der Waals surface area contributed by atoms with Crippen LogP contribution in [-0.4, -0.2) is 45.9 Å². The molecule has 0 bridgehead atoms. The second kappa shape index (κ2) is 7.28. The van der Waals surface area contributed by atoms with Gasteiger partial charge in [0.2, 0.25) is 0 Å². The number of amides is 1. The van der Waals surface area contributed by atoms with E-state index in [4.69, 9.17) is 4.74 Å². The Kier molecular flexibility index (Phi) is 5.27. The predicted octanol–water partition coefficient (Wildman–Crippen LogP) is 2.37. The van der Waals surface area contributed by atoms with E-state index in [1.54, 1.807) is 13.1 Å². The molecule has 1 aromatic heterocycles. The summed E-state index contributed by atoms with van der Waals surface area (Å²) in [6.07, 6.45) is 6.78. The molecule has 1 amide bonds. The summed E-state index contributed by atoms with van der Waals surface area (Å²) in [5, 5.41) is 4.17. The second-order valence-electron chi connectivity index (χ2n) is 7.31. The van der Waals surface area contributed by atoms with Crippen molar-refractivity contribution in [1.29, 1.82) is 0 Å². The monoisotopic (exact) mass is 347 g/mol. The van der Waals surface area contributed by atoms with Crippen LogP contribution in [0.4, 0.5) is 0 Å². The van der Waals surface area contributed by atoms with E-state index in [9.17, 15) is 9.59 Å². The summed E-state index contributed by atoms with van der Waals surface area (Å²) in [5.74, 6) is -0.0660. The second-order valence-corrected chi connectivity index (χ2v) is 7.31. The molecule has 0 unspecified atom stereocenters. The van der Waals surface area contributed by atoms with Crippen molar-refractivity contribution in [2.24, 2.45) is 12.5 Å². The van der Waals surface area contributed by atoms with Gasteiger partial charge in [-0.05, 0) is 38.7 Å². The Bertz CT molecular complexity index is 679. The molecule has 1 heterocycles. The third-order valence-corrected chi connectivity index (χ3v) is 5.93. The average molecular weight is 347 g/mol. The normalized spacial score (nSPS) is 24.3. The lowest BCUT2D eigenvalue weighted by molar-refractivity contribution is -0.156. The summed E-state index contributed by atoms with van der Waals surface area (Å²) in [6.45, 7) is 5.58. The van der Waals surface area contributed by atoms with Crippen molar-refractivity contribution in [3.63, 3.8) is 0 Å². The molecule has 6 nitrogen and oxygen atoms in total. The summed E-state index contributed by atoms with van der Waals surface area (Å²) < 4.78 is 7.22. The standard InChI is InChI=1S/C19H29N3O3/c1-4-12-22(18(24)14-8-9-17(23)21(3)20-14)15-13-16(25-5-2)19(15)10-6-7-11-19/h8-9,15-16H,4-7,10-13H2,1-3H3/t15-,16+/m0/s1. The lowest BCUT2D eigenvalue weighted by Gasteiger charge is -2.57. The molecule has 1 spiro atoms. The van der Waals surface area contributed by atoms with E-state index in [1.165, 1.54) is 23.6 Å². The Morgan fingerprint density at radius 2 is 2.08 bits per heavy atom. The molecule has 0 saturated heterocycles. The first-order valence-electron chi connectivity index (χ1n) is 9.50. The van der Waals surface area contributed by atoms with Crippen molar-refractivity contribution in [2.45, 2.75) is 64.5 Å². The molecule has 0 radical (unpaired) electrons. The molecule has 2 atom stereocenters. The van der Waals surface area contributed by atoms with E-state index in [1.807, 2.05) is 11.8 Å². The first kappa shape index (κ1) is 18.1. The van der Waals surface area contributed by atoms with Gasteiger partial charge in [-0.1, -0.05) is 19.8 Å². The Balaban J connectivity index is 1.86. The zero-order valence-electron chi connectivity index (χ0n) is 15.5. The zero-order chi connectivity index (χ0) is 18.0. The van der Waals surface area contributed by atoms with Crippen LogP contribution in [0.3, 0.4) is 0 Å². The minimum Gasteiger partial charge on any atom is -0.378 e. The SMILES string of the molecule is CCCN(C(=O)c1ccc(=O)n(C)n1)[C@H]1C[C@@H](OCC)C12CCCC2. The number of rotatable bonds is 6. The topological polar surface area (TPSA) is 64.4 Å². The van der Waals surface area contributed by atoms with Crippen LogP contribution in [0.2, 0.25) is 0 Å². The van der Waals surface area contributed by atoms with E-state index in [2.05, 4.69) is 12.0 Å². The molecular weight excluding hydrogens is 318 g/mol. The maximum absolute atomic E-state index is 13.1. The lowest BCUT2D eigenvalue weighted by Crippen LogP contribution is -2.65. The van der Waals surface area contributed by atoms with Gasteiger partial charge in [-0.25, -0.2) is 4.68 Å². The Hall–Kier alpha value is -1.69. The summed E-state index contributed by atoms with van der Waals surface area (Å²) in [4.78, 5) is 26.7. The lowest BCUT2D eigenvalue weighted by atomic mass is 9.59. The molecule has 0 N–H and O–H groups in total. The Morgan fingerprint density at radius 3 is 2.68 bits per heavy atom. The highest BCUT2D eigenvalue weighted by Crippen LogP contribution is 2.56. The predicted molar refractivity (Wildman–Crippen MR) is 95.5 cm³/mol. The fraction of sp³-hybridized carbons (Fsp3) is 0.737. The number of carbonyl (C=O) groups excluding carboxylic acids is 1. The van der Waals surface area contributed by atoms with Crippen LogP contribution >= 0.6 is 0 Å². The van der Waals surface area contributed by atoms with Crippen LogP contribution in [0, 0.1) is 5.41 Å². The van der Waals surface area contributed by atoms with E-state index in [0.29, 0.717) is 12.2 Å². The van der Waals surface area contributed by atoms with Gasteiger partial charge < -0.3 is 9.64 Å². The van der Waals surface area contributed by atoms with E-state index >= 15 is 0 Å². The molecule has 2 fully saturated rings. The quantitative estimate of drug-likeness (QED) is 0.792. The molecule has 3 rings (SSSR count). The van der Waals surface area contributed by atoms with E-state index in [0.717, 1.165) is 32.3 Å². The van der Waals surface area contributed by atoms with Crippen molar-refractivity contribution in [2.75, 3.05) is 13.2 Å². The van der Waals surface area contributed by atoms with Crippen molar-refractivity contribution in [1.82, 2.24) is 14.7 Å². The minimum atomic E-state index is -0.203. The highest BCUT2D eigenvalue weighted by Gasteiger charge is 2.59. The number of hydrogen-bond acceptors (Lipinski definition) is 4. The van der Waals surface area contributed by atoms with Gasteiger partial charge in [0.05, 0.1) is 6.10 Å². The van der Waals surface area contributed by atoms with Crippen LogP contribution in [0.15, 0.2) is 16.9 Å². The zero-order valence-corrected chi connectivity index (χ0v) is 15.5. The maximum Gasteiger partial charge on any atom is 0.274 e. The fourth-order valence-electron chi connectivity index (χ4n) is 4.69. The van der Waals surface area contributed by atoms with Crippen molar-refractivity contribution >= 4 is 5.91 Å². The van der Waals surface area contributed by atoms with Gasteiger partial charge in [-0.2, -0.15) is 5.10 Å². The molecule has 0 aliphatic heterocycles. The van der Waals surface area contributed by atoms with Crippen LogP contribution in [-0.2, 0) is 11.8 Å². The van der Waals surface area contributed by atoms with E-state index in [-0.39, 0.29) is 29.0 Å². The maximum atomic E-state index is 13.1. The fourth-order valence-corrected chi connectivity index (χ4v) is 4.69. The highest BCUT2D eigenvalue weighted by molar-refractivity contribution is 5.92. The molecule has 1 aromatic rings. The van der Waals surface area contributed by atoms with Crippen LogP contribution in [0.25, 0.3) is 0 Å². The summed E-state index contributed by atoms with van der Waals surface area (Å²) in [6, 6.07) is 3.19. The first-order valence-corrected chi connectivity index (χ1v) is 9.50. The van der Waals surface area contributed by atoms with Gasteiger partial charge in [-0.3, -0.25) is 9.59 Å². The van der Waals surface area contributed by atoms with Crippen LogP contribution in [0.1, 0.15) is 62.9 Å².